The molecule has 7 nitrogen and oxygen atoms in total. The Morgan fingerprint density at radius 1 is 1.11 bits per heavy atom. The molecule has 0 N–H and O–H groups in total. The molecule has 1 saturated heterocycles. The average Bonchev–Trinajstić information content (AvgIpc) is 3.19. The van der Waals surface area contributed by atoms with Crippen LogP contribution in [0.2, 0.25) is 0 Å². The summed E-state index contributed by atoms with van der Waals surface area (Å²) in [6.07, 6.45) is -3.34. The van der Waals surface area contributed by atoms with E-state index in [2.05, 4.69) is 19.6 Å². The van der Waals surface area contributed by atoms with Gasteiger partial charge in [-0.25, -0.2) is 0 Å². The zero-order valence-corrected chi connectivity index (χ0v) is 14.3. The van der Waals surface area contributed by atoms with Crippen molar-refractivity contribution in [3.05, 3.63) is 60.1 Å². The topological polar surface area (TPSA) is 81.4 Å². The highest BCUT2D eigenvalue weighted by molar-refractivity contribution is 5.95. The molecular formula is C18H13F3N4O3. The lowest BCUT2D eigenvalue weighted by Gasteiger charge is -2.35. The van der Waals surface area contributed by atoms with Gasteiger partial charge in [0.25, 0.3) is 5.91 Å². The standard InChI is InChI=1S/C18H13F3N4O3/c19-18(20,21)17-23-16(24-28-17)13-7-6-12(8-22-13)25-14(9-27-10-15(25)26)11-4-2-1-3-5-11/h1-8,14H,9-10H2. The van der Waals surface area contributed by atoms with Crippen LogP contribution in [0.3, 0.4) is 0 Å². The third kappa shape index (κ3) is 3.46. The third-order valence-corrected chi connectivity index (χ3v) is 4.19. The summed E-state index contributed by atoms with van der Waals surface area (Å²) in [5, 5.41) is 3.30. The molecule has 144 valence electrons. The number of alkyl halides is 3. The van der Waals surface area contributed by atoms with Gasteiger partial charge in [0, 0.05) is 0 Å². The van der Waals surface area contributed by atoms with Crippen molar-refractivity contribution in [2.24, 2.45) is 0 Å². The summed E-state index contributed by atoms with van der Waals surface area (Å²) in [4.78, 5) is 21.4. The first-order valence-corrected chi connectivity index (χ1v) is 8.25. The van der Waals surface area contributed by atoms with E-state index in [1.54, 1.807) is 11.0 Å². The molecule has 1 aromatic carbocycles. The molecule has 1 fully saturated rings. The minimum Gasteiger partial charge on any atom is -0.369 e. The zero-order valence-electron chi connectivity index (χ0n) is 14.3. The van der Waals surface area contributed by atoms with E-state index in [9.17, 15) is 18.0 Å². The normalized spacial score (nSPS) is 17.8. The molecule has 0 spiro atoms. The quantitative estimate of drug-likeness (QED) is 0.683. The van der Waals surface area contributed by atoms with Crippen molar-refractivity contribution in [1.29, 1.82) is 0 Å². The fourth-order valence-corrected chi connectivity index (χ4v) is 2.92. The second-order valence-electron chi connectivity index (χ2n) is 6.03. The molecule has 2 aromatic heterocycles. The third-order valence-electron chi connectivity index (χ3n) is 4.19. The number of benzene rings is 1. The Morgan fingerprint density at radius 2 is 1.89 bits per heavy atom. The Balaban J connectivity index is 1.63. The second kappa shape index (κ2) is 7.04. The number of hydrogen-bond acceptors (Lipinski definition) is 6. The smallest absolute Gasteiger partial charge is 0.369 e. The summed E-state index contributed by atoms with van der Waals surface area (Å²) >= 11 is 0. The Labute approximate surface area is 156 Å². The van der Waals surface area contributed by atoms with Crippen LogP contribution >= 0.6 is 0 Å². The van der Waals surface area contributed by atoms with Gasteiger partial charge in [-0.3, -0.25) is 14.7 Å². The highest BCUT2D eigenvalue weighted by Crippen LogP contribution is 2.32. The van der Waals surface area contributed by atoms with Crippen LogP contribution in [0.1, 0.15) is 17.5 Å². The molecule has 0 radical (unpaired) electrons. The van der Waals surface area contributed by atoms with E-state index in [1.807, 2.05) is 30.3 Å². The molecule has 28 heavy (non-hydrogen) atoms. The van der Waals surface area contributed by atoms with E-state index in [0.29, 0.717) is 12.3 Å². The van der Waals surface area contributed by atoms with Crippen LogP contribution < -0.4 is 4.90 Å². The molecule has 0 aliphatic carbocycles. The number of pyridine rings is 1. The van der Waals surface area contributed by atoms with E-state index >= 15 is 0 Å². The first-order valence-electron chi connectivity index (χ1n) is 8.25. The monoisotopic (exact) mass is 390 g/mol. The molecular weight excluding hydrogens is 377 g/mol. The summed E-state index contributed by atoms with van der Waals surface area (Å²) in [5.74, 6) is -1.97. The number of halogens is 3. The van der Waals surface area contributed by atoms with Gasteiger partial charge < -0.3 is 9.26 Å². The van der Waals surface area contributed by atoms with E-state index in [0.717, 1.165) is 5.56 Å². The Morgan fingerprint density at radius 3 is 2.54 bits per heavy atom. The van der Waals surface area contributed by atoms with Crippen molar-refractivity contribution < 1.29 is 27.2 Å². The molecule has 1 amide bonds. The van der Waals surface area contributed by atoms with E-state index in [1.165, 1.54) is 12.3 Å². The second-order valence-corrected chi connectivity index (χ2v) is 6.03. The number of amides is 1. The van der Waals surface area contributed by atoms with Crippen LogP contribution in [-0.4, -0.2) is 34.2 Å². The Hall–Kier alpha value is -3.27. The number of rotatable bonds is 3. The molecule has 10 heteroatoms. The van der Waals surface area contributed by atoms with Gasteiger partial charge >= 0.3 is 12.1 Å². The fraction of sp³-hybridized carbons (Fsp3) is 0.222. The number of carbonyl (C=O) groups is 1. The number of nitrogens with zero attached hydrogens (tertiary/aromatic N) is 4. The molecule has 0 saturated carbocycles. The van der Waals surface area contributed by atoms with Crippen LogP contribution in [0.4, 0.5) is 18.9 Å². The van der Waals surface area contributed by atoms with E-state index in [-0.39, 0.29) is 30.1 Å². The maximum atomic E-state index is 12.6. The molecule has 3 aromatic rings. The Bertz CT molecular complexity index is 974. The first-order chi connectivity index (χ1) is 13.4. The molecule has 1 aliphatic heterocycles. The van der Waals surface area contributed by atoms with Gasteiger partial charge in [-0.05, 0) is 17.7 Å². The molecule has 0 bridgehead atoms. The average molecular weight is 390 g/mol. The van der Waals surface area contributed by atoms with Gasteiger partial charge in [0.05, 0.1) is 24.5 Å². The summed E-state index contributed by atoms with van der Waals surface area (Å²) < 4.78 is 47.4. The van der Waals surface area contributed by atoms with Gasteiger partial charge in [-0.2, -0.15) is 18.2 Å². The lowest BCUT2D eigenvalue weighted by atomic mass is 10.0. The number of morpholine rings is 1. The van der Waals surface area contributed by atoms with Crippen LogP contribution in [0.15, 0.2) is 53.2 Å². The van der Waals surface area contributed by atoms with Gasteiger partial charge in [0.15, 0.2) is 0 Å². The number of aromatic nitrogens is 3. The van der Waals surface area contributed by atoms with Crippen molar-refractivity contribution >= 4 is 11.6 Å². The molecule has 4 rings (SSSR count). The van der Waals surface area contributed by atoms with E-state index in [4.69, 9.17) is 4.74 Å². The number of ether oxygens (including phenoxy) is 1. The summed E-state index contributed by atoms with van der Waals surface area (Å²) in [5.41, 5.74) is 1.48. The zero-order chi connectivity index (χ0) is 19.7. The fourth-order valence-electron chi connectivity index (χ4n) is 2.92. The minimum absolute atomic E-state index is 0.0646. The van der Waals surface area contributed by atoms with Gasteiger partial charge in [-0.15, -0.1) is 0 Å². The largest absolute Gasteiger partial charge is 0.471 e. The molecule has 3 heterocycles. The minimum atomic E-state index is -4.73. The van der Waals surface area contributed by atoms with Crippen molar-refractivity contribution in [3.63, 3.8) is 0 Å². The van der Waals surface area contributed by atoms with E-state index < -0.39 is 12.1 Å². The maximum Gasteiger partial charge on any atom is 0.471 e. The molecule has 1 atom stereocenters. The predicted molar refractivity (Wildman–Crippen MR) is 90.0 cm³/mol. The highest BCUT2D eigenvalue weighted by atomic mass is 19.4. The SMILES string of the molecule is O=C1COCC(c2ccccc2)N1c1ccc(-c2noc(C(F)(F)F)n2)nc1. The number of anilines is 1. The maximum absolute atomic E-state index is 12.6. The summed E-state index contributed by atoms with van der Waals surface area (Å²) in [7, 11) is 0. The van der Waals surface area contributed by atoms with Crippen molar-refractivity contribution in [1.82, 2.24) is 15.1 Å². The van der Waals surface area contributed by atoms with Crippen molar-refractivity contribution in [3.8, 4) is 11.5 Å². The first kappa shape index (κ1) is 18.1. The van der Waals surface area contributed by atoms with Crippen molar-refractivity contribution in [2.45, 2.75) is 12.2 Å². The van der Waals surface area contributed by atoms with Gasteiger partial charge in [0.2, 0.25) is 5.82 Å². The van der Waals surface area contributed by atoms with Crippen LogP contribution in [0.25, 0.3) is 11.5 Å². The van der Waals surface area contributed by atoms with Crippen LogP contribution in [0.5, 0.6) is 0 Å². The molecule has 1 aliphatic rings. The number of hydrogen-bond donors (Lipinski definition) is 0. The number of carbonyl (C=O) groups excluding carboxylic acids is 1. The van der Waals surface area contributed by atoms with Gasteiger partial charge in [0.1, 0.15) is 12.3 Å². The van der Waals surface area contributed by atoms with Crippen LogP contribution in [0, 0.1) is 0 Å². The molecule has 1 unspecified atom stereocenters. The van der Waals surface area contributed by atoms with Gasteiger partial charge in [-0.1, -0.05) is 35.5 Å². The predicted octanol–water partition coefficient (Wildman–Crippen LogP) is 3.25. The highest BCUT2D eigenvalue weighted by Gasteiger charge is 2.38. The lowest BCUT2D eigenvalue weighted by molar-refractivity contribution is -0.159. The summed E-state index contributed by atoms with van der Waals surface area (Å²) in [6, 6.07) is 12.0. The summed E-state index contributed by atoms with van der Waals surface area (Å²) in [6.45, 7) is 0.252. The lowest BCUT2D eigenvalue weighted by Crippen LogP contribution is -2.44. The Kier molecular flexibility index (Phi) is 4.55. The van der Waals surface area contributed by atoms with Crippen LogP contribution in [-0.2, 0) is 15.7 Å². The van der Waals surface area contributed by atoms with Crippen molar-refractivity contribution in [2.75, 3.05) is 18.1 Å².